The number of benzene rings is 4. The molecule has 0 bridgehead atoms. The molecule has 0 aliphatic heterocycles. The summed E-state index contributed by atoms with van der Waals surface area (Å²) < 4.78 is 40.0. The van der Waals surface area contributed by atoms with Gasteiger partial charge < -0.3 is 0 Å². The Labute approximate surface area is 149 Å². The Morgan fingerprint density at radius 3 is 2.08 bits per heavy atom. The van der Waals surface area contributed by atoms with E-state index in [0.717, 1.165) is 27.1 Å². The molecular formula is C23H17F3. The van der Waals surface area contributed by atoms with Crippen LogP contribution in [0, 0.1) is 0 Å². The van der Waals surface area contributed by atoms with Crippen LogP contribution in [0.15, 0.2) is 84.9 Å². The van der Waals surface area contributed by atoms with Crippen LogP contribution in [0.3, 0.4) is 0 Å². The van der Waals surface area contributed by atoms with Crippen molar-refractivity contribution in [3.63, 3.8) is 0 Å². The first-order valence-electron chi connectivity index (χ1n) is 8.55. The molecule has 4 aromatic carbocycles. The lowest BCUT2D eigenvalue weighted by Crippen LogP contribution is -2.15. The summed E-state index contributed by atoms with van der Waals surface area (Å²) in [5.74, 6) is -0.721. The SMILES string of the molecule is FC(F)(F)C[C@@H](c1ccccc1)c1cccc2c1ccc1ccccc12. The number of hydrogen-bond donors (Lipinski definition) is 0. The summed E-state index contributed by atoms with van der Waals surface area (Å²) in [7, 11) is 0. The predicted molar refractivity (Wildman–Crippen MR) is 100 cm³/mol. The number of rotatable bonds is 3. The maximum absolute atomic E-state index is 13.3. The van der Waals surface area contributed by atoms with E-state index in [1.807, 2.05) is 60.7 Å². The molecule has 4 aromatic rings. The van der Waals surface area contributed by atoms with Crippen LogP contribution in [0.25, 0.3) is 21.5 Å². The Morgan fingerprint density at radius 1 is 0.615 bits per heavy atom. The van der Waals surface area contributed by atoms with Gasteiger partial charge in [-0.2, -0.15) is 13.2 Å². The van der Waals surface area contributed by atoms with Crippen molar-refractivity contribution in [1.29, 1.82) is 0 Å². The van der Waals surface area contributed by atoms with E-state index in [1.54, 1.807) is 24.3 Å². The molecular weight excluding hydrogens is 333 g/mol. The zero-order chi connectivity index (χ0) is 18.1. The molecule has 0 saturated carbocycles. The number of alkyl halides is 3. The maximum atomic E-state index is 13.3. The van der Waals surface area contributed by atoms with Crippen molar-refractivity contribution < 1.29 is 13.2 Å². The van der Waals surface area contributed by atoms with Gasteiger partial charge in [0.2, 0.25) is 0 Å². The van der Waals surface area contributed by atoms with Crippen molar-refractivity contribution >= 4 is 21.5 Å². The molecule has 0 aliphatic rings. The molecule has 0 aliphatic carbocycles. The van der Waals surface area contributed by atoms with Crippen LogP contribution in [0.5, 0.6) is 0 Å². The molecule has 0 saturated heterocycles. The molecule has 0 aromatic heterocycles. The van der Waals surface area contributed by atoms with Crippen LogP contribution in [-0.2, 0) is 0 Å². The molecule has 4 rings (SSSR count). The minimum atomic E-state index is -4.24. The van der Waals surface area contributed by atoms with E-state index >= 15 is 0 Å². The summed E-state index contributed by atoms with van der Waals surface area (Å²) in [6.07, 6.45) is -5.11. The van der Waals surface area contributed by atoms with Gasteiger partial charge in [0, 0.05) is 5.92 Å². The Balaban J connectivity index is 1.96. The summed E-state index contributed by atoms with van der Waals surface area (Å²) >= 11 is 0. The maximum Gasteiger partial charge on any atom is 0.390 e. The third-order valence-electron chi connectivity index (χ3n) is 4.83. The summed E-state index contributed by atoms with van der Waals surface area (Å²) in [6, 6.07) is 26.5. The minimum Gasteiger partial charge on any atom is -0.171 e. The van der Waals surface area contributed by atoms with Crippen LogP contribution in [0.4, 0.5) is 13.2 Å². The third kappa shape index (κ3) is 3.17. The first-order chi connectivity index (χ1) is 12.5. The first kappa shape index (κ1) is 16.6. The Bertz CT molecular complexity index is 1050. The Hall–Kier alpha value is -2.81. The van der Waals surface area contributed by atoms with Gasteiger partial charge in [-0.1, -0.05) is 84.9 Å². The van der Waals surface area contributed by atoms with Gasteiger partial charge in [-0.05, 0) is 32.7 Å². The van der Waals surface area contributed by atoms with Gasteiger partial charge in [0.15, 0.2) is 0 Å². The van der Waals surface area contributed by atoms with Gasteiger partial charge in [0.25, 0.3) is 0 Å². The van der Waals surface area contributed by atoms with Gasteiger partial charge in [-0.3, -0.25) is 0 Å². The fourth-order valence-corrected chi connectivity index (χ4v) is 3.69. The fourth-order valence-electron chi connectivity index (χ4n) is 3.69. The van der Waals surface area contributed by atoms with Crippen LogP contribution < -0.4 is 0 Å². The number of fused-ring (bicyclic) bond motifs is 3. The van der Waals surface area contributed by atoms with E-state index in [-0.39, 0.29) is 0 Å². The fraction of sp³-hybridized carbons (Fsp3) is 0.130. The summed E-state index contributed by atoms with van der Waals surface area (Å²) in [5.41, 5.74) is 1.40. The topological polar surface area (TPSA) is 0 Å². The van der Waals surface area contributed by atoms with E-state index in [4.69, 9.17) is 0 Å². The highest BCUT2D eigenvalue weighted by Gasteiger charge is 2.34. The lowest BCUT2D eigenvalue weighted by Gasteiger charge is -2.22. The molecule has 0 spiro atoms. The summed E-state index contributed by atoms with van der Waals surface area (Å²) in [4.78, 5) is 0. The molecule has 0 radical (unpaired) electrons. The van der Waals surface area contributed by atoms with E-state index in [2.05, 4.69) is 0 Å². The molecule has 130 valence electrons. The van der Waals surface area contributed by atoms with Crippen LogP contribution in [0.2, 0.25) is 0 Å². The summed E-state index contributed by atoms with van der Waals surface area (Å²) in [6.45, 7) is 0. The van der Waals surface area contributed by atoms with Gasteiger partial charge in [-0.15, -0.1) is 0 Å². The number of halogens is 3. The van der Waals surface area contributed by atoms with Crippen molar-refractivity contribution in [2.75, 3.05) is 0 Å². The van der Waals surface area contributed by atoms with Gasteiger partial charge in [0.1, 0.15) is 0 Å². The largest absolute Gasteiger partial charge is 0.390 e. The van der Waals surface area contributed by atoms with Crippen molar-refractivity contribution in [1.82, 2.24) is 0 Å². The van der Waals surface area contributed by atoms with Crippen molar-refractivity contribution in [2.45, 2.75) is 18.5 Å². The predicted octanol–water partition coefficient (Wildman–Crippen LogP) is 7.08. The molecule has 1 atom stereocenters. The standard InChI is InChI=1S/C23H17F3/c24-23(25,26)15-22(16-7-2-1-3-8-16)20-12-6-11-19-18-10-5-4-9-17(18)13-14-21(19)20/h1-14,22H,15H2/t22-/m0/s1. The highest BCUT2D eigenvalue weighted by molar-refractivity contribution is 6.08. The van der Waals surface area contributed by atoms with Crippen molar-refractivity contribution in [3.05, 3.63) is 96.1 Å². The molecule has 0 heterocycles. The molecule has 0 N–H and O–H groups in total. The van der Waals surface area contributed by atoms with Crippen LogP contribution in [-0.4, -0.2) is 6.18 Å². The number of hydrogen-bond acceptors (Lipinski definition) is 0. The Morgan fingerprint density at radius 2 is 1.31 bits per heavy atom. The quantitative estimate of drug-likeness (QED) is 0.346. The van der Waals surface area contributed by atoms with E-state index in [9.17, 15) is 13.2 Å². The highest BCUT2D eigenvalue weighted by Crippen LogP contribution is 2.40. The lowest BCUT2D eigenvalue weighted by atomic mass is 9.84. The second-order valence-electron chi connectivity index (χ2n) is 6.51. The molecule has 0 nitrogen and oxygen atoms in total. The van der Waals surface area contributed by atoms with Crippen LogP contribution in [0.1, 0.15) is 23.5 Å². The van der Waals surface area contributed by atoms with Gasteiger partial charge in [-0.25, -0.2) is 0 Å². The smallest absolute Gasteiger partial charge is 0.171 e. The highest BCUT2D eigenvalue weighted by atomic mass is 19.4. The minimum absolute atomic E-state index is 0.686. The van der Waals surface area contributed by atoms with Crippen LogP contribution >= 0.6 is 0 Å². The normalized spacial score (nSPS) is 13.2. The van der Waals surface area contributed by atoms with E-state index < -0.39 is 18.5 Å². The lowest BCUT2D eigenvalue weighted by molar-refractivity contribution is -0.136. The Kier molecular flexibility index (Phi) is 4.15. The second kappa shape index (κ2) is 6.49. The molecule has 0 fully saturated rings. The van der Waals surface area contributed by atoms with E-state index in [0.29, 0.717) is 5.56 Å². The molecule has 3 heteroatoms. The van der Waals surface area contributed by atoms with Gasteiger partial charge in [0.05, 0.1) is 6.42 Å². The van der Waals surface area contributed by atoms with E-state index in [1.165, 1.54) is 0 Å². The average Bonchev–Trinajstić information content (AvgIpc) is 2.65. The zero-order valence-corrected chi connectivity index (χ0v) is 14.0. The average molecular weight is 350 g/mol. The molecule has 0 unspecified atom stereocenters. The zero-order valence-electron chi connectivity index (χ0n) is 14.0. The van der Waals surface area contributed by atoms with Crippen molar-refractivity contribution in [2.24, 2.45) is 0 Å². The van der Waals surface area contributed by atoms with Crippen molar-refractivity contribution in [3.8, 4) is 0 Å². The summed E-state index contributed by atoms with van der Waals surface area (Å²) in [5, 5.41) is 4.02. The second-order valence-corrected chi connectivity index (χ2v) is 6.51. The molecule has 26 heavy (non-hydrogen) atoms. The third-order valence-corrected chi connectivity index (χ3v) is 4.83. The van der Waals surface area contributed by atoms with Gasteiger partial charge >= 0.3 is 6.18 Å². The first-order valence-corrected chi connectivity index (χ1v) is 8.55. The molecule has 0 amide bonds. The monoisotopic (exact) mass is 350 g/mol.